The Kier molecular flexibility index (Phi) is 4.40. The molecule has 0 aliphatic heterocycles. The molecule has 0 bridgehead atoms. The zero-order valence-electron chi connectivity index (χ0n) is 12.3. The van der Waals surface area contributed by atoms with Gasteiger partial charge in [-0.2, -0.15) is 17.7 Å². The van der Waals surface area contributed by atoms with E-state index in [0.29, 0.717) is 35.8 Å². The van der Waals surface area contributed by atoms with Crippen LogP contribution in [-0.4, -0.2) is 42.9 Å². The maximum absolute atomic E-state index is 12.8. The molecule has 2 N–H and O–H groups in total. The van der Waals surface area contributed by atoms with E-state index in [1.807, 2.05) is 0 Å². The Balaban J connectivity index is 1.55. The van der Waals surface area contributed by atoms with Crippen molar-refractivity contribution in [1.82, 2.24) is 29.8 Å². The third-order valence-corrected chi connectivity index (χ3v) is 3.02. The highest BCUT2D eigenvalue weighted by Gasteiger charge is 2.37. The van der Waals surface area contributed by atoms with Gasteiger partial charge < -0.3 is 10.6 Å². The fourth-order valence-electron chi connectivity index (χ4n) is 1.96. The summed E-state index contributed by atoms with van der Waals surface area (Å²) < 4.78 is 39.1. The molecule has 0 saturated carbocycles. The second kappa shape index (κ2) is 6.64. The fraction of sp³-hybridized carbons (Fsp3) is 0.308. The van der Waals surface area contributed by atoms with Gasteiger partial charge in [0.25, 0.3) is 5.82 Å². The van der Waals surface area contributed by atoms with E-state index in [0.717, 1.165) is 0 Å². The highest BCUT2D eigenvalue weighted by molar-refractivity contribution is 5.44. The van der Waals surface area contributed by atoms with Crippen molar-refractivity contribution in [2.45, 2.75) is 12.6 Å². The Morgan fingerprint density at radius 1 is 1.00 bits per heavy atom. The second-order valence-electron chi connectivity index (χ2n) is 4.79. The summed E-state index contributed by atoms with van der Waals surface area (Å²) in [5, 5.41) is 16.4. The number of fused-ring (bicyclic) bond motifs is 1. The molecule has 24 heavy (non-hydrogen) atoms. The minimum atomic E-state index is -4.61. The van der Waals surface area contributed by atoms with Gasteiger partial charge >= 0.3 is 6.18 Å². The van der Waals surface area contributed by atoms with E-state index < -0.39 is 12.0 Å². The maximum Gasteiger partial charge on any atom is 0.453 e. The Morgan fingerprint density at radius 2 is 1.75 bits per heavy atom. The van der Waals surface area contributed by atoms with Crippen LogP contribution in [0.2, 0.25) is 0 Å². The summed E-state index contributed by atoms with van der Waals surface area (Å²) in [5.74, 6) is -0.316. The van der Waals surface area contributed by atoms with E-state index in [9.17, 15) is 13.2 Å². The Hall–Kier alpha value is -2.98. The molecule has 0 aromatic carbocycles. The number of aromatic nitrogens is 6. The predicted octanol–water partition coefficient (Wildman–Crippen LogP) is 1.85. The zero-order chi connectivity index (χ0) is 17.0. The van der Waals surface area contributed by atoms with Crippen LogP contribution < -0.4 is 10.6 Å². The number of hydrogen-bond acceptors (Lipinski definition) is 7. The largest absolute Gasteiger partial charge is 0.453 e. The van der Waals surface area contributed by atoms with Crippen LogP contribution in [0.3, 0.4) is 0 Å². The molecule has 3 heterocycles. The highest BCUT2D eigenvalue weighted by Crippen LogP contribution is 2.27. The number of anilines is 2. The molecule has 126 valence electrons. The van der Waals surface area contributed by atoms with Crippen LogP contribution in [-0.2, 0) is 6.18 Å². The minimum absolute atomic E-state index is 0.0377. The molecule has 3 aromatic heterocycles. The fourth-order valence-corrected chi connectivity index (χ4v) is 1.96. The molecule has 0 unspecified atom stereocenters. The molecule has 0 radical (unpaired) electrons. The van der Waals surface area contributed by atoms with Gasteiger partial charge in [0.1, 0.15) is 5.82 Å². The van der Waals surface area contributed by atoms with Crippen LogP contribution in [0, 0.1) is 0 Å². The van der Waals surface area contributed by atoms with Crippen LogP contribution in [0.25, 0.3) is 5.65 Å². The summed E-state index contributed by atoms with van der Waals surface area (Å²) in [5.41, 5.74) is 0.0377. The molecule has 0 aliphatic rings. The molecule has 11 heteroatoms. The summed E-state index contributed by atoms with van der Waals surface area (Å²) in [6, 6.07) is 4.69. The van der Waals surface area contributed by atoms with E-state index in [2.05, 4.69) is 35.9 Å². The first-order valence-corrected chi connectivity index (χ1v) is 7.08. The topological polar surface area (TPSA) is 92.9 Å². The van der Waals surface area contributed by atoms with Crippen LogP contribution >= 0.6 is 0 Å². The van der Waals surface area contributed by atoms with Gasteiger partial charge in [0.2, 0.25) is 5.95 Å². The molecule has 0 spiro atoms. The number of halogens is 3. The first kappa shape index (κ1) is 15.9. The van der Waals surface area contributed by atoms with E-state index in [-0.39, 0.29) is 5.65 Å². The third kappa shape index (κ3) is 3.67. The van der Waals surface area contributed by atoms with Gasteiger partial charge in [-0.15, -0.1) is 15.3 Å². The van der Waals surface area contributed by atoms with Crippen molar-refractivity contribution in [3.05, 3.63) is 36.4 Å². The van der Waals surface area contributed by atoms with Gasteiger partial charge in [0, 0.05) is 25.5 Å². The number of alkyl halides is 3. The van der Waals surface area contributed by atoms with E-state index in [4.69, 9.17) is 0 Å². The quantitative estimate of drug-likeness (QED) is 0.663. The SMILES string of the molecule is FC(F)(F)c1nnc2ccc(NCCCNc3ncccn3)nn12. The maximum atomic E-state index is 12.8. The lowest BCUT2D eigenvalue weighted by atomic mass is 10.4. The summed E-state index contributed by atoms with van der Waals surface area (Å²) in [4.78, 5) is 8.03. The molecule has 0 fully saturated rings. The molecule has 8 nitrogen and oxygen atoms in total. The van der Waals surface area contributed by atoms with Crippen molar-refractivity contribution in [1.29, 1.82) is 0 Å². The van der Waals surface area contributed by atoms with E-state index in [1.54, 1.807) is 24.5 Å². The number of hydrogen-bond donors (Lipinski definition) is 2. The van der Waals surface area contributed by atoms with Crippen molar-refractivity contribution in [2.75, 3.05) is 23.7 Å². The first-order chi connectivity index (χ1) is 11.5. The number of nitrogens with one attached hydrogen (secondary N) is 2. The van der Waals surface area contributed by atoms with E-state index in [1.165, 1.54) is 6.07 Å². The Labute approximate surface area is 134 Å². The number of rotatable bonds is 6. The molecule has 3 rings (SSSR count). The highest BCUT2D eigenvalue weighted by atomic mass is 19.4. The number of nitrogens with zero attached hydrogens (tertiary/aromatic N) is 6. The van der Waals surface area contributed by atoms with Crippen molar-refractivity contribution in [3.8, 4) is 0 Å². The van der Waals surface area contributed by atoms with Crippen LogP contribution in [0.5, 0.6) is 0 Å². The zero-order valence-corrected chi connectivity index (χ0v) is 12.3. The van der Waals surface area contributed by atoms with Gasteiger partial charge in [-0.05, 0) is 24.6 Å². The lowest BCUT2D eigenvalue weighted by Gasteiger charge is -2.08. The molecule has 0 atom stereocenters. The molecular weight excluding hydrogens is 325 g/mol. The third-order valence-electron chi connectivity index (χ3n) is 3.02. The average Bonchev–Trinajstić information content (AvgIpc) is 2.99. The smallest absolute Gasteiger partial charge is 0.369 e. The van der Waals surface area contributed by atoms with Gasteiger partial charge in [-0.3, -0.25) is 0 Å². The van der Waals surface area contributed by atoms with Gasteiger partial charge in [0.15, 0.2) is 5.65 Å². The normalized spacial score (nSPS) is 11.6. The summed E-state index contributed by atoms with van der Waals surface area (Å²) in [6.45, 7) is 1.13. The van der Waals surface area contributed by atoms with Gasteiger partial charge in [0.05, 0.1) is 0 Å². The molecular formula is C13H13F3N8. The monoisotopic (exact) mass is 338 g/mol. The Bertz CT molecular complexity index is 802. The van der Waals surface area contributed by atoms with Crippen molar-refractivity contribution in [2.24, 2.45) is 0 Å². The van der Waals surface area contributed by atoms with Gasteiger partial charge in [-0.25, -0.2) is 9.97 Å². The molecule has 0 saturated heterocycles. The van der Waals surface area contributed by atoms with Crippen LogP contribution in [0.15, 0.2) is 30.6 Å². The molecule has 0 aliphatic carbocycles. The van der Waals surface area contributed by atoms with Crippen molar-refractivity contribution < 1.29 is 13.2 Å². The molecule has 0 amide bonds. The van der Waals surface area contributed by atoms with E-state index >= 15 is 0 Å². The lowest BCUT2D eigenvalue weighted by Crippen LogP contribution is -2.15. The predicted molar refractivity (Wildman–Crippen MR) is 79.4 cm³/mol. The van der Waals surface area contributed by atoms with Crippen LogP contribution in [0.4, 0.5) is 24.9 Å². The Morgan fingerprint density at radius 3 is 2.50 bits per heavy atom. The van der Waals surface area contributed by atoms with Gasteiger partial charge in [-0.1, -0.05) is 0 Å². The first-order valence-electron chi connectivity index (χ1n) is 7.08. The second-order valence-corrected chi connectivity index (χ2v) is 4.79. The molecule has 3 aromatic rings. The van der Waals surface area contributed by atoms with Crippen molar-refractivity contribution in [3.63, 3.8) is 0 Å². The van der Waals surface area contributed by atoms with Crippen LogP contribution in [0.1, 0.15) is 12.2 Å². The lowest BCUT2D eigenvalue weighted by molar-refractivity contribution is -0.146. The summed E-state index contributed by atoms with van der Waals surface area (Å²) in [7, 11) is 0. The van der Waals surface area contributed by atoms with Crippen molar-refractivity contribution >= 4 is 17.4 Å². The minimum Gasteiger partial charge on any atom is -0.369 e. The summed E-state index contributed by atoms with van der Waals surface area (Å²) in [6.07, 6.45) is -0.648. The summed E-state index contributed by atoms with van der Waals surface area (Å²) >= 11 is 0. The average molecular weight is 338 g/mol. The standard InChI is InChI=1S/C13H13F3N8/c14-13(15,16)11-22-21-10-4-3-9(23-24(10)11)17-5-1-6-18-12-19-7-2-8-20-12/h2-4,7-8H,1,5-6H2,(H,17,23)(H,18,19,20).